The van der Waals surface area contributed by atoms with Crippen LogP contribution in [0.3, 0.4) is 0 Å². The van der Waals surface area contributed by atoms with Gasteiger partial charge in [0.05, 0.1) is 11.6 Å². The Labute approximate surface area is 96.5 Å². The summed E-state index contributed by atoms with van der Waals surface area (Å²) in [6, 6.07) is 0. The van der Waals surface area contributed by atoms with Crippen molar-refractivity contribution >= 4 is 43.2 Å². The standard InChI is InChI=1S/C7H6Br2N4O/c1-14-5-3(8)4-7(10)11-2-12-13(4)6(5)9/h2H,1H3,(H2,10,11,12). The van der Waals surface area contributed by atoms with Crippen LogP contribution < -0.4 is 10.5 Å². The summed E-state index contributed by atoms with van der Waals surface area (Å²) < 4.78 is 8.24. The van der Waals surface area contributed by atoms with Gasteiger partial charge in [-0.25, -0.2) is 9.50 Å². The maximum absolute atomic E-state index is 5.72. The van der Waals surface area contributed by atoms with Gasteiger partial charge < -0.3 is 10.5 Å². The maximum atomic E-state index is 5.72. The molecule has 0 unspecified atom stereocenters. The number of aromatic nitrogens is 3. The van der Waals surface area contributed by atoms with E-state index >= 15 is 0 Å². The van der Waals surface area contributed by atoms with E-state index < -0.39 is 0 Å². The first kappa shape index (κ1) is 9.72. The summed E-state index contributed by atoms with van der Waals surface area (Å²) in [6.07, 6.45) is 1.39. The average molecular weight is 322 g/mol. The summed E-state index contributed by atoms with van der Waals surface area (Å²) in [5, 5.41) is 4.04. The van der Waals surface area contributed by atoms with Crippen LogP contribution in [0.2, 0.25) is 0 Å². The lowest BCUT2D eigenvalue weighted by atomic mass is 10.5. The molecule has 0 saturated heterocycles. The Morgan fingerprint density at radius 2 is 2.21 bits per heavy atom. The molecule has 0 radical (unpaired) electrons. The predicted octanol–water partition coefficient (Wildman–Crippen LogP) is 1.85. The van der Waals surface area contributed by atoms with Crippen molar-refractivity contribution in [3.05, 3.63) is 15.4 Å². The Morgan fingerprint density at radius 1 is 1.50 bits per heavy atom. The van der Waals surface area contributed by atoms with E-state index in [1.54, 1.807) is 11.6 Å². The topological polar surface area (TPSA) is 65.4 Å². The molecule has 0 aliphatic rings. The van der Waals surface area contributed by atoms with E-state index in [9.17, 15) is 0 Å². The van der Waals surface area contributed by atoms with E-state index in [1.165, 1.54) is 6.33 Å². The quantitative estimate of drug-likeness (QED) is 0.870. The Balaban J connectivity index is 2.94. The second-order valence-electron chi connectivity index (χ2n) is 2.54. The Morgan fingerprint density at radius 3 is 2.79 bits per heavy atom. The van der Waals surface area contributed by atoms with Crippen LogP contribution in [-0.2, 0) is 0 Å². The molecule has 14 heavy (non-hydrogen) atoms. The zero-order valence-electron chi connectivity index (χ0n) is 7.16. The largest absolute Gasteiger partial charge is 0.493 e. The van der Waals surface area contributed by atoms with E-state index in [0.29, 0.717) is 21.7 Å². The molecule has 2 rings (SSSR count). The summed E-state index contributed by atoms with van der Waals surface area (Å²) in [5.74, 6) is 1.05. The van der Waals surface area contributed by atoms with Gasteiger partial charge in [0.25, 0.3) is 0 Å². The lowest BCUT2D eigenvalue weighted by Gasteiger charge is -1.96. The van der Waals surface area contributed by atoms with Gasteiger partial charge in [0.1, 0.15) is 11.8 Å². The summed E-state index contributed by atoms with van der Waals surface area (Å²) in [4.78, 5) is 3.90. The van der Waals surface area contributed by atoms with Crippen molar-refractivity contribution in [3.63, 3.8) is 0 Å². The fraction of sp³-hybridized carbons (Fsp3) is 0.143. The molecule has 0 bridgehead atoms. The smallest absolute Gasteiger partial charge is 0.168 e. The first-order valence-electron chi connectivity index (χ1n) is 3.67. The minimum absolute atomic E-state index is 0.399. The van der Waals surface area contributed by atoms with Crippen LogP contribution in [0, 0.1) is 0 Å². The molecule has 2 N–H and O–H groups in total. The third kappa shape index (κ3) is 1.19. The molecule has 2 aromatic rings. The van der Waals surface area contributed by atoms with Crippen molar-refractivity contribution in [1.82, 2.24) is 14.6 Å². The zero-order valence-corrected chi connectivity index (χ0v) is 10.3. The molecule has 5 nitrogen and oxygen atoms in total. The van der Waals surface area contributed by atoms with Gasteiger partial charge in [0, 0.05) is 0 Å². The van der Waals surface area contributed by atoms with Crippen LogP contribution in [0.4, 0.5) is 5.82 Å². The van der Waals surface area contributed by atoms with Crippen LogP contribution in [0.5, 0.6) is 5.75 Å². The lowest BCUT2D eigenvalue weighted by molar-refractivity contribution is 0.409. The molecule has 0 atom stereocenters. The second-order valence-corrected chi connectivity index (χ2v) is 4.09. The number of rotatable bonds is 1. The number of nitrogens with two attached hydrogens (primary N) is 1. The van der Waals surface area contributed by atoms with Crippen molar-refractivity contribution in [1.29, 1.82) is 0 Å². The number of hydrogen-bond acceptors (Lipinski definition) is 4. The van der Waals surface area contributed by atoms with E-state index in [-0.39, 0.29) is 0 Å². The summed E-state index contributed by atoms with van der Waals surface area (Å²) in [7, 11) is 1.58. The van der Waals surface area contributed by atoms with Crippen molar-refractivity contribution < 1.29 is 4.74 Å². The van der Waals surface area contributed by atoms with Crippen LogP contribution in [0.1, 0.15) is 0 Å². The third-order valence-electron chi connectivity index (χ3n) is 1.80. The van der Waals surface area contributed by atoms with Gasteiger partial charge >= 0.3 is 0 Å². The van der Waals surface area contributed by atoms with Crippen LogP contribution in [-0.4, -0.2) is 21.7 Å². The number of ether oxygens (including phenoxy) is 1. The van der Waals surface area contributed by atoms with Crippen LogP contribution in [0.15, 0.2) is 15.4 Å². The fourth-order valence-corrected chi connectivity index (χ4v) is 2.81. The lowest BCUT2D eigenvalue weighted by Crippen LogP contribution is -1.98. The Kier molecular flexibility index (Phi) is 2.36. The molecule has 0 fully saturated rings. The number of hydrogen-bond donors (Lipinski definition) is 1. The molecular weight excluding hydrogens is 316 g/mol. The number of methoxy groups -OCH3 is 1. The Bertz CT molecular complexity index is 496. The summed E-state index contributed by atoms with van der Waals surface area (Å²) >= 11 is 6.74. The summed E-state index contributed by atoms with van der Waals surface area (Å²) in [5.41, 5.74) is 6.41. The van der Waals surface area contributed by atoms with E-state index in [4.69, 9.17) is 10.5 Å². The number of halogens is 2. The Hall–Kier alpha value is -0.820. The zero-order chi connectivity index (χ0) is 10.3. The molecule has 74 valence electrons. The van der Waals surface area contributed by atoms with Crippen molar-refractivity contribution in [2.24, 2.45) is 0 Å². The van der Waals surface area contributed by atoms with Crippen molar-refractivity contribution in [2.75, 3.05) is 12.8 Å². The number of anilines is 1. The first-order chi connectivity index (χ1) is 6.66. The van der Waals surface area contributed by atoms with Gasteiger partial charge in [-0.2, -0.15) is 5.10 Å². The average Bonchev–Trinajstić information content (AvgIpc) is 2.41. The van der Waals surface area contributed by atoms with E-state index in [1.807, 2.05) is 0 Å². The fourth-order valence-electron chi connectivity index (χ4n) is 1.19. The highest BCUT2D eigenvalue weighted by atomic mass is 79.9. The highest BCUT2D eigenvalue weighted by molar-refractivity contribution is 9.11. The van der Waals surface area contributed by atoms with Crippen LogP contribution >= 0.6 is 31.9 Å². The normalized spacial score (nSPS) is 10.8. The second kappa shape index (κ2) is 3.39. The maximum Gasteiger partial charge on any atom is 0.168 e. The molecular formula is C7H6Br2N4O. The van der Waals surface area contributed by atoms with Gasteiger partial charge in [0.15, 0.2) is 16.2 Å². The molecule has 0 amide bonds. The molecule has 0 aromatic carbocycles. The van der Waals surface area contributed by atoms with Gasteiger partial charge in [-0.3, -0.25) is 0 Å². The highest BCUT2D eigenvalue weighted by Gasteiger charge is 2.18. The van der Waals surface area contributed by atoms with Crippen molar-refractivity contribution in [3.8, 4) is 5.75 Å². The van der Waals surface area contributed by atoms with Gasteiger partial charge in [0.2, 0.25) is 0 Å². The van der Waals surface area contributed by atoms with Gasteiger partial charge in [-0.15, -0.1) is 0 Å². The molecule has 0 spiro atoms. The number of nitrogens with zero attached hydrogens (tertiary/aromatic N) is 3. The molecule has 0 aliphatic heterocycles. The minimum atomic E-state index is 0.399. The minimum Gasteiger partial charge on any atom is -0.493 e. The monoisotopic (exact) mass is 320 g/mol. The highest BCUT2D eigenvalue weighted by Crippen LogP contribution is 2.39. The number of fused-ring (bicyclic) bond motifs is 1. The SMILES string of the molecule is COc1c(Br)c2c(N)ncnn2c1Br. The van der Waals surface area contributed by atoms with Gasteiger partial charge in [-0.05, 0) is 31.9 Å². The van der Waals surface area contributed by atoms with Crippen molar-refractivity contribution in [2.45, 2.75) is 0 Å². The molecule has 0 aliphatic carbocycles. The molecule has 2 aromatic heterocycles. The molecule has 2 heterocycles. The number of nitrogen functional groups attached to an aromatic ring is 1. The van der Waals surface area contributed by atoms with Gasteiger partial charge in [-0.1, -0.05) is 0 Å². The van der Waals surface area contributed by atoms with Crippen LogP contribution in [0.25, 0.3) is 5.52 Å². The first-order valence-corrected chi connectivity index (χ1v) is 5.25. The third-order valence-corrected chi connectivity index (χ3v) is 3.23. The molecule has 0 saturated carbocycles. The summed E-state index contributed by atoms with van der Waals surface area (Å²) in [6.45, 7) is 0. The van der Waals surface area contributed by atoms with E-state index in [0.717, 1.165) is 4.47 Å². The predicted molar refractivity (Wildman–Crippen MR) is 59.4 cm³/mol. The molecule has 7 heteroatoms. The van der Waals surface area contributed by atoms with E-state index in [2.05, 4.69) is 41.9 Å².